The predicted octanol–water partition coefficient (Wildman–Crippen LogP) is 7.25. The second-order valence-electron chi connectivity index (χ2n) is 7.56. The summed E-state index contributed by atoms with van der Waals surface area (Å²) in [6, 6.07) is 38.7. The third-order valence-electron chi connectivity index (χ3n) is 5.31. The van der Waals surface area contributed by atoms with Gasteiger partial charge >= 0.3 is 0 Å². The van der Waals surface area contributed by atoms with E-state index in [0.29, 0.717) is 0 Å². The van der Waals surface area contributed by atoms with Crippen LogP contribution in [0.3, 0.4) is 0 Å². The minimum atomic E-state index is 0.857. The Morgan fingerprint density at radius 1 is 0.581 bits per heavy atom. The van der Waals surface area contributed by atoms with Crippen LogP contribution in [0.5, 0.6) is 0 Å². The van der Waals surface area contributed by atoms with Crippen LogP contribution in [0.25, 0.3) is 44.9 Å². The molecule has 2 heteroatoms. The summed E-state index contributed by atoms with van der Waals surface area (Å²) in [4.78, 5) is 9.43. The molecule has 0 aliphatic carbocycles. The van der Waals surface area contributed by atoms with Crippen molar-refractivity contribution in [1.82, 2.24) is 9.97 Å². The maximum atomic E-state index is 4.91. The Morgan fingerprint density at radius 3 is 1.97 bits per heavy atom. The number of hydrogen-bond acceptors (Lipinski definition) is 2. The second-order valence-corrected chi connectivity index (χ2v) is 7.56. The average molecular weight is 398 g/mol. The molecule has 31 heavy (non-hydrogen) atoms. The molecule has 2 aromatic heterocycles. The largest absolute Gasteiger partial charge is 0.295 e. The Bertz CT molecular complexity index is 1310. The normalized spacial score (nSPS) is 10.7. The van der Waals surface area contributed by atoms with E-state index in [0.717, 1.165) is 33.8 Å². The van der Waals surface area contributed by atoms with E-state index in [-0.39, 0.29) is 0 Å². The van der Waals surface area contributed by atoms with Crippen molar-refractivity contribution in [2.45, 2.75) is 6.92 Å². The number of aromatic nitrogens is 2. The molecule has 0 spiro atoms. The summed E-state index contributed by atoms with van der Waals surface area (Å²) in [5, 5.41) is 0. The fourth-order valence-corrected chi connectivity index (χ4v) is 3.69. The lowest BCUT2D eigenvalue weighted by molar-refractivity contribution is 1.25. The van der Waals surface area contributed by atoms with Gasteiger partial charge in [-0.1, -0.05) is 73.7 Å². The van der Waals surface area contributed by atoms with Gasteiger partial charge in [0, 0.05) is 6.20 Å². The van der Waals surface area contributed by atoms with Gasteiger partial charge in [-0.05, 0) is 46.1 Å². The first-order chi connectivity index (χ1) is 15.3. The zero-order valence-corrected chi connectivity index (χ0v) is 17.3. The van der Waals surface area contributed by atoms with Gasteiger partial charge in [0.05, 0.1) is 11.4 Å². The molecule has 0 radical (unpaired) electrons. The highest BCUT2D eigenvalue weighted by Crippen LogP contribution is 2.31. The summed E-state index contributed by atoms with van der Waals surface area (Å²) in [7, 11) is 0. The molecule has 0 aliphatic heterocycles. The fraction of sp³-hybridized carbons (Fsp3) is 0.0345. The lowest BCUT2D eigenvalue weighted by Gasteiger charge is -2.15. The molecule has 148 valence electrons. The van der Waals surface area contributed by atoms with E-state index < -0.39 is 0 Å². The SMILES string of the molecule is Cc1cc[c-]c(-c2cc(-c3ccc(-c4ccccc4)cc3)cc(-c3ccccn3)n2)c1. The van der Waals surface area contributed by atoms with Crippen molar-refractivity contribution in [3.63, 3.8) is 0 Å². The molecular weight excluding hydrogens is 376 g/mol. The van der Waals surface area contributed by atoms with E-state index in [2.05, 4.69) is 90.8 Å². The molecule has 0 aliphatic rings. The minimum absolute atomic E-state index is 0.857. The van der Waals surface area contributed by atoms with Crippen molar-refractivity contribution in [2.24, 2.45) is 0 Å². The summed E-state index contributed by atoms with van der Waals surface area (Å²) in [5.41, 5.74) is 9.47. The molecular formula is C29H21N2-. The van der Waals surface area contributed by atoms with Crippen LogP contribution in [0.4, 0.5) is 0 Å². The summed E-state index contributed by atoms with van der Waals surface area (Å²) in [6.07, 6.45) is 1.80. The van der Waals surface area contributed by atoms with E-state index >= 15 is 0 Å². The van der Waals surface area contributed by atoms with E-state index in [1.54, 1.807) is 6.20 Å². The Balaban J connectivity index is 1.61. The van der Waals surface area contributed by atoms with Gasteiger partial charge in [0.1, 0.15) is 0 Å². The first-order valence-electron chi connectivity index (χ1n) is 10.3. The number of rotatable bonds is 4. The van der Waals surface area contributed by atoms with Crippen molar-refractivity contribution in [3.8, 4) is 44.9 Å². The van der Waals surface area contributed by atoms with Gasteiger partial charge in [0.2, 0.25) is 0 Å². The molecule has 5 rings (SSSR count). The van der Waals surface area contributed by atoms with Gasteiger partial charge in [0.15, 0.2) is 0 Å². The number of pyridine rings is 2. The van der Waals surface area contributed by atoms with Crippen molar-refractivity contribution in [3.05, 3.63) is 121 Å². The van der Waals surface area contributed by atoms with Crippen molar-refractivity contribution < 1.29 is 0 Å². The minimum Gasteiger partial charge on any atom is -0.295 e. The summed E-state index contributed by atoms with van der Waals surface area (Å²) in [6.45, 7) is 2.09. The van der Waals surface area contributed by atoms with Gasteiger partial charge in [-0.3, -0.25) is 9.97 Å². The maximum absolute atomic E-state index is 4.91. The molecule has 2 nitrogen and oxygen atoms in total. The fourth-order valence-electron chi connectivity index (χ4n) is 3.69. The smallest absolute Gasteiger partial charge is 0.0876 e. The van der Waals surface area contributed by atoms with Gasteiger partial charge < -0.3 is 0 Å². The Morgan fingerprint density at radius 2 is 1.26 bits per heavy atom. The van der Waals surface area contributed by atoms with Gasteiger partial charge in [-0.2, -0.15) is 0 Å². The average Bonchev–Trinajstić information content (AvgIpc) is 2.85. The summed E-state index contributed by atoms with van der Waals surface area (Å²) < 4.78 is 0. The molecule has 5 aromatic rings. The Hall–Kier alpha value is -4.04. The van der Waals surface area contributed by atoms with E-state index in [4.69, 9.17) is 4.98 Å². The maximum Gasteiger partial charge on any atom is 0.0876 e. The molecule has 0 amide bonds. The molecule has 0 fully saturated rings. The predicted molar refractivity (Wildman–Crippen MR) is 127 cm³/mol. The van der Waals surface area contributed by atoms with Crippen LogP contribution < -0.4 is 0 Å². The van der Waals surface area contributed by atoms with Crippen LogP contribution >= 0.6 is 0 Å². The van der Waals surface area contributed by atoms with Crippen LogP contribution in [-0.4, -0.2) is 9.97 Å². The first-order valence-corrected chi connectivity index (χ1v) is 10.3. The van der Waals surface area contributed by atoms with Crippen LogP contribution in [0, 0.1) is 13.0 Å². The van der Waals surface area contributed by atoms with Crippen molar-refractivity contribution >= 4 is 0 Å². The highest BCUT2D eigenvalue weighted by atomic mass is 14.8. The van der Waals surface area contributed by atoms with E-state index in [9.17, 15) is 0 Å². The monoisotopic (exact) mass is 397 g/mol. The van der Waals surface area contributed by atoms with Gasteiger partial charge in [0.25, 0.3) is 0 Å². The zero-order chi connectivity index (χ0) is 21.0. The van der Waals surface area contributed by atoms with E-state index in [1.165, 1.54) is 16.7 Å². The molecule has 0 atom stereocenters. The molecule has 0 unspecified atom stereocenters. The number of benzene rings is 3. The molecule has 0 saturated heterocycles. The summed E-state index contributed by atoms with van der Waals surface area (Å²) in [5.74, 6) is 0. The summed E-state index contributed by atoms with van der Waals surface area (Å²) >= 11 is 0. The number of aryl methyl sites for hydroxylation is 1. The lowest BCUT2D eigenvalue weighted by Crippen LogP contribution is -1.93. The Kier molecular flexibility index (Phi) is 5.12. The quantitative estimate of drug-likeness (QED) is 0.298. The number of hydrogen-bond donors (Lipinski definition) is 0. The number of nitrogens with zero attached hydrogens (tertiary/aromatic N) is 2. The zero-order valence-electron chi connectivity index (χ0n) is 17.3. The van der Waals surface area contributed by atoms with Crippen LogP contribution in [0.1, 0.15) is 5.56 Å². The Labute approximate surface area is 182 Å². The third kappa shape index (κ3) is 4.15. The third-order valence-corrected chi connectivity index (χ3v) is 5.31. The van der Waals surface area contributed by atoms with Gasteiger partial charge in [-0.25, -0.2) is 0 Å². The van der Waals surface area contributed by atoms with Crippen LogP contribution in [-0.2, 0) is 0 Å². The van der Waals surface area contributed by atoms with Crippen LogP contribution in [0.15, 0.2) is 109 Å². The molecule has 0 N–H and O–H groups in total. The lowest BCUT2D eigenvalue weighted by atomic mass is 9.98. The highest BCUT2D eigenvalue weighted by molar-refractivity contribution is 5.77. The first kappa shape index (κ1) is 19.0. The molecule has 3 aromatic carbocycles. The van der Waals surface area contributed by atoms with Crippen LogP contribution in [0.2, 0.25) is 0 Å². The highest BCUT2D eigenvalue weighted by Gasteiger charge is 2.07. The van der Waals surface area contributed by atoms with Gasteiger partial charge in [-0.15, -0.1) is 35.4 Å². The van der Waals surface area contributed by atoms with Crippen molar-refractivity contribution in [1.29, 1.82) is 0 Å². The van der Waals surface area contributed by atoms with E-state index in [1.807, 2.05) is 30.3 Å². The second kappa shape index (κ2) is 8.37. The molecule has 0 saturated carbocycles. The topological polar surface area (TPSA) is 25.8 Å². The molecule has 2 heterocycles. The van der Waals surface area contributed by atoms with Crippen molar-refractivity contribution in [2.75, 3.05) is 0 Å². The molecule has 0 bridgehead atoms. The standard InChI is InChI=1S/C29H21N2/c1-21-8-7-11-25(18-21)28-19-26(20-29(31-28)27-12-5-6-17-30-27)24-15-13-23(14-16-24)22-9-3-2-4-10-22/h2-10,12-20H,1H3/q-1.